The fourth-order valence-corrected chi connectivity index (χ4v) is 2.36. The molecule has 2 atom stereocenters. The summed E-state index contributed by atoms with van der Waals surface area (Å²) in [5.74, 6) is 0.871. The van der Waals surface area contributed by atoms with E-state index in [-0.39, 0.29) is 11.9 Å². The lowest BCUT2D eigenvalue weighted by Crippen LogP contribution is -2.45. The van der Waals surface area contributed by atoms with Crippen molar-refractivity contribution in [3.63, 3.8) is 0 Å². The zero-order valence-corrected chi connectivity index (χ0v) is 10.5. The quantitative estimate of drug-likeness (QED) is 0.851. The first-order valence-corrected chi connectivity index (χ1v) is 6.18. The van der Waals surface area contributed by atoms with Crippen LogP contribution in [0.5, 0.6) is 0 Å². The number of likely N-dealkylation sites (tertiary alicyclic amines) is 1. The SMILES string of the molecule is Cc1ccoc1C(=O)N1CCCC(C(C)N)C1. The third-order valence-corrected chi connectivity index (χ3v) is 3.54. The largest absolute Gasteiger partial charge is 0.459 e. The normalized spacial score (nSPS) is 22.5. The van der Waals surface area contributed by atoms with Gasteiger partial charge in [-0.2, -0.15) is 0 Å². The molecule has 2 rings (SSSR count). The molecular formula is C13H20N2O2. The second kappa shape index (κ2) is 4.92. The van der Waals surface area contributed by atoms with Gasteiger partial charge in [0.25, 0.3) is 5.91 Å². The minimum Gasteiger partial charge on any atom is -0.459 e. The number of carbonyl (C=O) groups is 1. The van der Waals surface area contributed by atoms with Gasteiger partial charge in [0.15, 0.2) is 5.76 Å². The Bertz CT molecular complexity index is 398. The van der Waals surface area contributed by atoms with Gasteiger partial charge in [-0.1, -0.05) is 0 Å². The van der Waals surface area contributed by atoms with E-state index in [1.807, 2.05) is 24.8 Å². The molecule has 4 nitrogen and oxygen atoms in total. The van der Waals surface area contributed by atoms with Gasteiger partial charge in [0.05, 0.1) is 6.26 Å². The molecule has 2 unspecified atom stereocenters. The van der Waals surface area contributed by atoms with E-state index in [1.165, 1.54) is 0 Å². The Balaban J connectivity index is 2.07. The molecular weight excluding hydrogens is 216 g/mol. The van der Waals surface area contributed by atoms with Gasteiger partial charge in [0.2, 0.25) is 0 Å². The van der Waals surface area contributed by atoms with Crippen molar-refractivity contribution in [3.8, 4) is 0 Å². The summed E-state index contributed by atoms with van der Waals surface area (Å²) >= 11 is 0. The molecule has 1 saturated heterocycles. The maximum absolute atomic E-state index is 12.2. The molecule has 0 bridgehead atoms. The van der Waals surface area contributed by atoms with Crippen LogP contribution in [0.2, 0.25) is 0 Å². The van der Waals surface area contributed by atoms with Gasteiger partial charge < -0.3 is 15.1 Å². The van der Waals surface area contributed by atoms with Crippen LogP contribution in [0.4, 0.5) is 0 Å². The second-order valence-corrected chi connectivity index (χ2v) is 4.95. The third-order valence-electron chi connectivity index (χ3n) is 3.54. The van der Waals surface area contributed by atoms with Gasteiger partial charge in [-0.15, -0.1) is 0 Å². The minimum atomic E-state index is -0.00199. The van der Waals surface area contributed by atoms with Crippen molar-refractivity contribution in [2.75, 3.05) is 13.1 Å². The molecule has 1 aliphatic rings. The molecule has 1 aromatic rings. The first-order chi connectivity index (χ1) is 8.09. The van der Waals surface area contributed by atoms with Crippen molar-refractivity contribution in [1.82, 2.24) is 4.90 Å². The lowest BCUT2D eigenvalue weighted by molar-refractivity contribution is 0.0628. The number of nitrogens with two attached hydrogens (primary N) is 1. The van der Waals surface area contributed by atoms with Crippen LogP contribution < -0.4 is 5.73 Å². The average molecular weight is 236 g/mol. The van der Waals surface area contributed by atoms with Crippen molar-refractivity contribution < 1.29 is 9.21 Å². The highest BCUT2D eigenvalue weighted by molar-refractivity contribution is 5.92. The van der Waals surface area contributed by atoms with Gasteiger partial charge in [0, 0.05) is 24.7 Å². The molecule has 17 heavy (non-hydrogen) atoms. The summed E-state index contributed by atoms with van der Waals surface area (Å²) in [5, 5.41) is 0. The van der Waals surface area contributed by atoms with Gasteiger partial charge in [0.1, 0.15) is 0 Å². The van der Waals surface area contributed by atoms with E-state index in [2.05, 4.69) is 0 Å². The van der Waals surface area contributed by atoms with E-state index in [1.54, 1.807) is 6.26 Å². The van der Waals surface area contributed by atoms with Crippen LogP contribution in [-0.4, -0.2) is 29.9 Å². The van der Waals surface area contributed by atoms with Crippen molar-refractivity contribution in [3.05, 3.63) is 23.7 Å². The van der Waals surface area contributed by atoms with E-state index >= 15 is 0 Å². The Kier molecular flexibility index (Phi) is 3.52. The Morgan fingerprint density at radius 1 is 1.65 bits per heavy atom. The molecule has 2 N–H and O–H groups in total. The molecule has 1 fully saturated rings. The summed E-state index contributed by atoms with van der Waals surface area (Å²) in [5.41, 5.74) is 6.82. The third kappa shape index (κ3) is 2.52. The number of carbonyl (C=O) groups excluding carboxylic acids is 1. The predicted molar refractivity (Wildman–Crippen MR) is 65.7 cm³/mol. The molecule has 0 saturated carbocycles. The van der Waals surface area contributed by atoms with Crippen molar-refractivity contribution in [2.24, 2.45) is 11.7 Å². The Labute approximate surface area is 102 Å². The molecule has 0 aromatic carbocycles. The second-order valence-electron chi connectivity index (χ2n) is 4.95. The number of hydrogen-bond donors (Lipinski definition) is 1. The van der Waals surface area contributed by atoms with E-state index in [9.17, 15) is 4.79 Å². The fraction of sp³-hybridized carbons (Fsp3) is 0.615. The molecule has 0 radical (unpaired) electrons. The highest BCUT2D eigenvalue weighted by Gasteiger charge is 2.28. The van der Waals surface area contributed by atoms with Gasteiger partial charge >= 0.3 is 0 Å². The van der Waals surface area contributed by atoms with Crippen molar-refractivity contribution >= 4 is 5.91 Å². The number of nitrogens with zero attached hydrogens (tertiary/aromatic N) is 1. The highest BCUT2D eigenvalue weighted by atomic mass is 16.3. The summed E-state index contributed by atoms with van der Waals surface area (Å²) < 4.78 is 5.25. The summed E-state index contributed by atoms with van der Waals surface area (Å²) in [6, 6.07) is 1.96. The predicted octanol–water partition coefficient (Wildman–Crippen LogP) is 1.79. The van der Waals surface area contributed by atoms with Gasteiger partial charge in [-0.25, -0.2) is 0 Å². The first kappa shape index (κ1) is 12.2. The standard InChI is InChI=1S/C13H20N2O2/c1-9-5-7-17-12(9)13(16)15-6-3-4-11(8-15)10(2)14/h5,7,10-11H,3-4,6,8,14H2,1-2H3. The van der Waals surface area contributed by atoms with Crippen molar-refractivity contribution in [1.29, 1.82) is 0 Å². The fourth-order valence-electron chi connectivity index (χ4n) is 2.36. The highest BCUT2D eigenvalue weighted by Crippen LogP contribution is 2.21. The molecule has 0 spiro atoms. The Hall–Kier alpha value is -1.29. The van der Waals surface area contributed by atoms with E-state index < -0.39 is 0 Å². The maximum Gasteiger partial charge on any atom is 0.289 e. The molecule has 0 aliphatic carbocycles. The van der Waals surface area contributed by atoms with Crippen LogP contribution in [0.1, 0.15) is 35.9 Å². The number of hydrogen-bond acceptors (Lipinski definition) is 3. The van der Waals surface area contributed by atoms with Gasteiger partial charge in [-0.3, -0.25) is 4.79 Å². The smallest absolute Gasteiger partial charge is 0.289 e. The summed E-state index contributed by atoms with van der Waals surface area (Å²) in [6.45, 7) is 5.46. The first-order valence-electron chi connectivity index (χ1n) is 6.18. The van der Waals surface area contributed by atoms with Gasteiger partial charge in [-0.05, 0) is 38.7 Å². The zero-order chi connectivity index (χ0) is 12.4. The van der Waals surface area contributed by atoms with Crippen LogP contribution in [0.3, 0.4) is 0 Å². The van der Waals surface area contributed by atoms with Crippen LogP contribution in [0, 0.1) is 12.8 Å². The van der Waals surface area contributed by atoms with E-state index in [4.69, 9.17) is 10.2 Å². The van der Waals surface area contributed by atoms with E-state index in [0.717, 1.165) is 31.5 Å². The lowest BCUT2D eigenvalue weighted by Gasteiger charge is -2.34. The number of rotatable bonds is 2. The zero-order valence-electron chi connectivity index (χ0n) is 10.5. The Morgan fingerprint density at radius 2 is 2.41 bits per heavy atom. The molecule has 2 heterocycles. The molecule has 1 aliphatic heterocycles. The lowest BCUT2D eigenvalue weighted by atomic mass is 9.92. The minimum absolute atomic E-state index is 0.00199. The number of furan rings is 1. The summed E-state index contributed by atoms with van der Waals surface area (Å²) in [7, 11) is 0. The van der Waals surface area contributed by atoms with Crippen LogP contribution >= 0.6 is 0 Å². The Morgan fingerprint density at radius 3 is 3.00 bits per heavy atom. The van der Waals surface area contributed by atoms with Crippen LogP contribution in [0.15, 0.2) is 16.7 Å². The molecule has 1 amide bonds. The average Bonchev–Trinajstić information content (AvgIpc) is 2.74. The van der Waals surface area contributed by atoms with Crippen LogP contribution in [-0.2, 0) is 0 Å². The van der Waals surface area contributed by atoms with E-state index in [0.29, 0.717) is 11.7 Å². The maximum atomic E-state index is 12.2. The summed E-state index contributed by atoms with van der Waals surface area (Å²) in [4.78, 5) is 14.1. The number of amides is 1. The number of piperidine rings is 1. The molecule has 94 valence electrons. The number of aryl methyl sites for hydroxylation is 1. The topological polar surface area (TPSA) is 59.5 Å². The van der Waals surface area contributed by atoms with Crippen LogP contribution in [0.25, 0.3) is 0 Å². The molecule has 1 aromatic heterocycles. The monoisotopic (exact) mass is 236 g/mol. The summed E-state index contributed by atoms with van der Waals surface area (Å²) in [6.07, 6.45) is 3.70. The van der Waals surface area contributed by atoms with Crippen molar-refractivity contribution in [2.45, 2.75) is 32.7 Å². The molecule has 4 heteroatoms.